The van der Waals surface area contributed by atoms with Crippen LogP contribution in [0.15, 0.2) is 74.5 Å². The Kier molecular flexibility index (Phi) is 6.59. The van der Waals surface area contributed by atoms with Crippen molar-refractivity contribution in [3.63, 3.8) is 0 Å². The summed E-state index contributed by atoms with van der Waals surface area (Å²) in [6.45, 7) is -0.601. The minimum Gasteiger partial charge on any atom is -0.490 e. The van der Waals surface area contributed by atoms with Crippen molar-refractivity contribution in [2.24, 2.45) is 11.0 Å². The number of hydrazone groups is 1. The Morgan fingerprint density at radius 2 is 2.03 bits per heavy atom. The number of carbonyl (C=O) groups excluding carboxylic acids is 2. The molecule has 2 aliphatic rings. The number of nitro benzene ring substituents is 1. The summed E-state index contributed by atoms with van der Waals surface area (Å²) in [6.07, 6.45) is 7.55. The molecule has 0 bridgehead atoms. The van der Waals surface area contributed by atoms with Gasteiger partial charge in [-0.15, -0.1) is 0 Å². The molecule has 11 heteroatoms. The lowest BCUT2D eigenvalue weighted by Gasteiger charge is -2.27. The fourth-order valence-electron chi connectivity index (χ4n) is 4.73. The first kappa shape index (κ1) is 24.0. The van der Waals surface area contributed by atoms with Crippen molar-refractivity contribution in [1.29, 1.82) is 0 Å². The minimum absolute atomic E-state index is 0.00724. The van der Waals surface area contributed by atoms with Crippen LogP contribution in [0.4, 0.5) is 5.69 Å². The maximum absolute atomic E-state index is 13.3. The fraction of sp³-hybridized carbons (Fsp3) is 0.269. The highest BCUT2D eigenvalue weighted by Crippen LogP contribution is 2.44. The van der Waals surface area contributed by atoms with Crippen LogP contribution in [0.25, 0.3) is 6.08 Å². The monoisotopic (exact) mass is 505 g/mol. The van der Waals surface area contributed by atoms with E-state index < -0.39 is 29.4 Å². The number of ether oxygens (including phenoxy) is 2. The van der Waals surface area contributed by atoms with Gasteiger partial charge >= 0.3 is 11.7 Å². The van der Waals surface area contributed by atoms with E-state index in [-0.39, 0.29) is 22.9 Å². The molecule has 2 atom stereocenters. The number of esters is 1. The number of carbonyl (C=O) groups is 2. The van der Waals surface area contributed by atoms with Gasteiger partial charge in [-0.2, -0.15) is 5.10 Å². The number of amides is 1. The second kappa shape index (κ2) is 10.1. The molecule has 5 rings (SSSR count). The van der Waals surface area contributed by atoms with Crippen LogP contribution in [0.3, 0.4) is 0 Å². The standard InChI is InChI=1S/C26H23N3O8/c1-34-21-10-9-17(14-20(21)29(32)33)26(31)37-15-23(30)28-25(22-8-4-12-36-22)19-7-2-5-16(24(19)27-28)13-18-6-3-11-35-18/h3-4,6,8-14,19,25H,2,5,7,15H2,1H3/b16-13-/t19-,25+/m1/s1. The summed E-state index contributed by atoms with van der Waals surface area (Å²) >= 11 is 0. The van der Waals surface area contributed by atoms with Crippen molar-refractivity contribution in [1.82, 2.24) is 5.01 Å². The van der Waals surface area contributed by atoms with Crippen molar-refractivity contribution >= 4 is 29.4 Å². The molecule has 11 nitrogen and oxygen atoms in total. The summed E-state index contributed by atoms with van der Waals surface area (Å²) in [4.78, 5) is 36.5. The average Bonchev–Trinajstić information content (AvgIpc) is 3.68. The zero-order valence-corrected chi connectivity index (χ0v) is 19.9. The first-order valence-corrected chi connectivity index (χ1v) is 11.6. The van der Waals surface area contributed by atoms with Crippen LogP contribution in [0.1, 0.15) is 47.2 Å². The second-order valence-electron chi connectivity index (χ2n) is 8.59. The molecule has 0 saturated heterocycles. The highest BCUT2D eigenvalue weighted by atomic mass is 16.6. The predicted molar refractivity (Wildman–Crippen MR) is 130 cm³/mol. The largest absolute Gasteiger partial charge is 0.490 e. The van der Waals surface area contributed by atoms with Gasteiger partial charge in [0.1, 0.15) is 17.6 Å². The number of hydrogen-bond donors (Lipinski definition) is 0. The molecular weight excluding hydrogens is 482 g/mol. The molecule has 0 N–H and O–H groups in total. The van der Waals surface area contributed by atoms with Gasteiger partial charge in [-0.05, 0) is 67.3 Å². The van der Waals surface area contributed by atoms with E-state index in [0.717, 1.165) is 36.6 Å². The first-order chi connectivity index (χ1) is 18.0. The Hall–Kier alpha value is -4.67. The van der Waals surface area contributed by atoms with Gasteiger partial charge in [-0.25, -0.2) is 9.80 Å². The Bertz CT molecular complexity index is 1370. The number of nitrogens with zero attached hydrogens (tertiary/aromatic N) is 3. The second-order valence-corrected chi connectivity index (χ2v) is 8.59. The van der Waals surface area contributed by atoms with Crippen LogP contribution >= 0.6 is 0 Å². The number of allylic oxidation sites excluding steroid dienone is 1. The molecule has 2 aromatic heterocycles. The molecule has 37 heavy (non-hydrogen) atoms. The van der Waals surface area contributed by atoms with Crippen molar-refractivity contribution in [2.75, 3.05) is 13.7 Å². The number of nitro groups is 1. The quantitative estimate of drug-likeness (QED) is 0.254. The van der Waals surface area contributed by atoms with Gasteiger partial charge in [0.25, 0.3) is 5.91 Å². The van der Waals surface area contributed by atoms with Crippen LogP contribution in [-0.2, 0) is 9.53 Å². The van der Waals surface area contributed by atoms with Gasteiger partial charge in [0.2, 0.25) is 0 Å². The Labute approximate surface area is 211 Å². The van der Waals surface area contributed by atoms with Crippen LogP contribution in [-0.4, -0.2) is 41.2 Å². The molecule has 1 saturated carbocycles. The van der Waals surface area contributed by atoms with E-state index in [0.29, 0.717) is 11.5 Å². The maximum Gasteiger partial charge on any atom is 0.338 e. The summed E-state index contributed by atoms with van der Waals surface area (Å²) in [6, 6.07) is 10.4. The number of rotatable bonds is 7. The van der Waals surface area contributed by atoms with Crippen molar-refractivity contribution in [3.05, 3.63) is 87.8 Å². The summed E-state index contributed by atoms with van der Waals surface area (Å²) in [5.74, 6) is -0.236. The minimum atomic E-state index is -0.878. The van der Waals surface area contributed by atoms with Gasteiger partial charge in [-0.3, -0.25) is 14.9 Å². The predicted octanol–water partition coefficient (Wildman–Crippen LogP) is 4.77. The fourth-order valence-corrected chi connectivity index (χ4v) is 4.73. The molecule has 0 spiro atoms. The zero-order chi connectivity index (χ0) is 25.9. The zero-order valence-electron chi connectivity index (χ0n) is 19.9. The molecule has 3 aromatic rings. The molecule has 1 aliphatic heterocycles. The Morgan fingerprint density at radius 1 is 1.22 bits per heavy atom. The number of fused-ring (bicyclic) bond motifs is 1. The molecule has 0 radical (unpaired) electrons. The van der Waals surface area contributed by atoms with E-state index in [9.17, 15) is 19.7 Å². The summed E-state index contributed by atoms with van der Waals surface area (Å²) < 4.78 is 21.3. The molecule has 3 heterocycles. The van der Waals surface area contributed by atoms with Crippen LogP contribution in [0, 0.1) is 16.0 Å². The van der Waals surface area contributed by atoms with Gasteiger partial charge in [0, 0.05) is 12.0 Å². The van der Waals surface area contributed by atoms with Gasteiger partial charge < -0.3 is 18.3 Å². The molecule has 1 aliphatic carbocycles. The molecule has 0 unspecified atom stereocenters. The van der Waals surface area contributed by atoms with E-state index in [1.807, 2.05) is 12.1 Å². The lowest BCUT2D eigenvalue weighted by atomic mass is 9.79. The molecule has 190 valence electrons. The number of benzene rings is 1. The van der Waals surface area contributed by atoms with Crippen molar-refractivity contribution in [2.45, 2.75) is 25.3 Å². The summed E-state index contributed by atoms with van der Waals surface area (Å²) in [7, 11) is 1.29. The first-order valence-electron chi connectivity index (χ1n) is 11.6. The van der Waals surface area contributed by atoms with Crippen LogP contribution in [0.2, 0.25) is 0 Å². The van der Waals surface area contributed by atoms with Gasteiger partial charge in [-0.1, -0.05) is 0 Å². The highest BCUT2D eigenvalue weighted by Gasteiger charge is 2.45. The van der Waals surface area contributed by atoms with E-state index in [4.69, 9.17) is 18.3 Å². The Morgan fingerprint density at radius 3 is 2.73 bits per heavy atom. The third-order valence-corrected chi connectivity index (χ3v) is 6.39. The Balaban J connectivity index is 1.37. The molecule has 1 amide bonds. The molecule has 1 aromatic carbocycles. The normalized spacial score (nSPS) is 19.9. The smallest absolute Gasteiger partial charge is 0.338 e. The van der Waals surface area contributed by atoms with Gasteiger partial charge in [0.15, 0.2) is 12.4 Å². The van der Waals surface area contributed by atoms with E-state index in [1.165, 1.54) is 30.5 Å². The van der Waals surface area contributed by atoms with Crippen LogP contribution in [0.5, 0.6) is 5.75 Å². The lowest BCUT2D eigenvalue weighted by molar-refractivity contribution is -0.385. The molecule has 1 fully saturated rings. The number of furan rings is 2. The third kappa shape index (κ3) is 4.75. The SMILES string of the molecule is COc1ccc(C(=O)OCC(=O)N2N=C3/C(=C\c4ccco4)CCC[C@H]3[C@H]2c2ccco2)cc1[N+](=O)[O-]. The van der Waals surface area contributed by atoms with Crippen molar-refractivity contribution < 1.29 is 32.8 Å². The van der Waals surface area contributed by atoms with Crippen LogP contribution < -0.4 is 4.74 Å². The third-order valence-electron chi connectivity index (χ3n) is 6.39. The highest BCUT2D eigenvalue weighted by molar-refractivity contribution is 6.08. The van der Waals surface area contributed by atoms with E-state index >= 15 is 0 Å². The van der Waals surface area contributed by atoms with Gasteiger partial charge in [0.05, 0.1) is 35.8 Å². The molecular formula is C26H23N3O8. The summed E-state index contributed by atoms with van der Waals surface area (Å²) in [5, 5.41) is 17.2. The lowest BCUT2D eigenvalue weighted by Crippen LogP contribution is -2.34. The topological polar surface area (TPSA) is 138 Å². The van der Waals surface area contributed by atoms with Crippen molar-refractivity contribution in [3.8, 4) is 5.75 Å². The van der Waals surface area contributed by atoms with E-state index in [2.05, 4.69) is 5.10 Å². The number of hydrogen-bond acceptors (Lipinski definition) is 9. The number of methoxy groups -OCH3 is 1. The van der Waals surface area contributed by atoms with E-state index in [1.54, 1.807) is 24.5 Å². The summed E-state index contributed by atoms with van der Waals surface area (Å²) in [5.41, 5.74) is 1.29. The average molecular weight is 505 g/mol. The maximum atomic E-state index is 13.3.